The maximum absolute atomic E-state index is 12.6. The Balaban J connectivity index is 2.30. The third-order valence-corrected chi connectivity index (χ3v) is 3.75. The number of rotatable bonds is 6. The Labute approximate surface area is 135 Å². The van der Waals surface area contributed by atoms with E-state index in [1.165, 1.54) is 6.07 Å². The summed E-state index contributed by atoms with van der Waals surface area (Å²) in [7, 11) is 0. The van der Waals surface area contributed by atoms with Gasteiger partial charge in [-0.1, -0.05) is 55.8 Å². The van der Waals surface area contributed by atoms with Gasteiger partial charge in [0.1, 0.15) is 5.56 Å². The van der Waals surface area contributed by atoms with Crippen LogP contribution >= 0.6 is 0 Å². The molecular formula is C18H20N2O3. The van der Waals surface area contributed by atoms with Crippen LogP contribution < -0.4 is 5.32 Å². The monoisotopic (exact) mass is 312 g/mol. The molecule has 1 amide bonds. The fourth-order valence-electron chi connectivity index (χ4n) is 2.62. The highest BCUT2D eigenvalue weighted by Crippen LogP contribution is 2.25. The van der Waals surface area contributed by atoms with E-state index in [2.05, 4.69) is 5.32 Å². The van der Waals surface area contributed by atoms with Crippen molar-refractivity contribution in [2.75, 3.05) is 0 Å². The first-order chi connectivity index (χ1) is 11.0. The molecule has 23 heavy (non-hydrogen) atoms. The Hall–Kier alpha value is -2.69. The number of carbonyl (C=O) groups excluding carboxylic acids is 1. The average Bonchev–Trinajstić information content (AvgIpc) is 2.54. The first-order valence-corrected chi connectivity index (χ1v) is 7.64. The van der Waals surface area contributed by atoms with E-state index in [9.17, 15) is 14.9 Å². The van der Waals surface area contributed by atoms with Crippen LogP contribution in [-0.4, -0.2) is 10.8 Å². The summed E-state index contributed by atoms with van der Waals surface area (Å²) >= 11 is 0. The zero-order valence-electron chi connectivity index (χ0n) is 13.3. The van der Waals surface area contributed by atoms with Crippen molar-refractivity contribution >= 4 is 11.6 Å². The summed E-state index contributed by atoms with van der Waals surface area (Å²) in [5.41, 5.74) is 1.45. The third kappa shape index (κ3) is 3.94. The molecule has 0 fully saturated rings. The van der Waals surface area contributed by atoms with Crippen LogP contribution in [0.1, 0.15) is 47.3 Å². The van der Waals surface area contributed by atoms with Crippen molar-refractivity contribution in [3.8, 4) is 0 Å². The van der Waals surface area contributed by atoms with E-state index >= 15 is 0 Å². The molecule has 0 aliphatic carbocycles. The van der Waals surface area contributed by atoms with Crippen LogP contribution in [0.15, 0.2) is 48.5 Å². The summed E-state index contributed by atoms with van der Waals surface area (Å²) in [5.74, 6) is -0.414. The number of nitrogens with one attached hydrogen (secondary N) is 1. The quantitative estimate of drug-likeness (QED) is 0.642. The Kier molecular flexibility index (Phi) is 5.46. The summed E-state index contributed by atoms with van der Waals surface area (Å²) in [4.78, 5) is 23.3. The smallest absolute Gasteiger partial charge is 0.285 e. The van der Waals surface area contributed by atoms with Gasteiger partial charge in [0.2, 0.25) is 0 Å². The molecule has 0 heterocycles. The van der Waals surface area contributed by atoms with Crippen LogP contribution in [0.4, 0.5) is 5.69 Å². The van der Waals surface area contributed by atoms with Gasteiger partial charge in [-0.05, 0) is 25.0 Å². The molecule has 1 N–H and O–H groups in total. The van der Waals surface area contributed by atoms with E-state index in [1.807, 2.05) is 37.3 Å². The van der Waals surface area contributed by atoms with Crippen molar-refractivity contribution in [1.82, 2.24) is 5.32 Å². The van der Waals surface area contributed by atoms with E-state index in [-0.39, 0.29) is 17.3 Å². The molecule has 2 aromatic rings. The van der Waals surface area contributed by atoms with Gasteiger partial charge < -0.3 is 5.32 Å². The standard InChI is InChI=1S/C18H20N2O3/c1-3-8-16(14-10-5-4-6-11-14)19-18(21)15-12-7-9-13(2)17(15)20(22)23/h4-7,9-12,16H,3,8H2,1-2H3,(H,19,21). The minimum Gasteiger partial charge on any atom is -0.345 e. The predicted molar refractivity (Wildman–Crippen MR) is 89.4 cm³/mol. The Morgan fingerprint density at radius 2 is 1.87 bits per heavy atom. The number of para-hydroxylation sites is 1. The largest absolute Gasteiger partial charge is 0.345 e. The second kappa shape index (κ2) is 7.54. The highest BCUT2D eigenvalue weighted by Gasteiger charge is 2.24. The fraction of sp³-hybridized carbons (Fsp3) is 0.278. The average molecular weight is 312 g/mol. The van der Waals surface area contributed by atoms with Gasteiger partial charge in [-0.3, -0.25) is 14.9 Å². The molecule has 0 bridgehead atoms. The second-order valence-corrected chi connectivity index (χ2v) is 5.45. The predicted octanol–water partition coefficient (Wildman–Crippen LogP) is 4.17. The van der Waals surface area contributed by atoms with Gasteiger partial charge in [-0.15, -0.1) is 0 Å². The van der Waals surface area contributed by atoms with Crippen molar-refractivity contribution in [2.24, 2.45) is 0 Å². The summed E-state index contributed by atoms with van der Waals surface area (Å²) in [5, 5.41) is 14.2. The van der Waals surface area contributed by atoms with Crippen molar-refractivity contribution < 1.29 is 9.72 Å². The van der Waals surface area contributed by atoms with Gasteiger partial charge in [0.25, 0.3) is 11.6 Å². The molecule has 0 aliphatic rings. The normalized spacial score (nSPS) is 11.7. The Morgan fingerprint density at radius 3 is 2.48 bits per heavy atom. The van der Waals surface area contributed by atoms with E-state index in [0.717, 1.165) is 18.4 Å². The zero-order valence-corrected chi connectivity index (χ0v) is 13.3. The summed E-state index contributed by atoms with van der Waals surface area (Å²) < 4.78 is 0. The lowest BCUT2D eigenvalue weighted by Crippen LogP contribution is -2.29. The molecule has 0 aromatic heterocycles. The molecule has 0 radical (unpaired) electrons. The zero-order chi connectivity index (χ0) is 16.8. The lowest BCUT2D eigenvalue weighted by Gasteiger charge is -2.19. The lowest BCUT2D eigenvalue weighted by molar-refractivity contribution is -0.385. The van der Waals surface area contributed by atoms with Gasteiger partial charge in [0.15, 0.2) is 0 Å². The van der Waals surface area contributed by atoms with Crippen molar-refractivity contribution in [3.63, 3.8) is 0 Å². The van der Waals surface area contributed by atoms with Crippen molar-refractivity contribution in [1.29, 1.82) is 0 Å². The second-order valence-electron chi connectivity index (χ2n) is 5.45. The number of hydrogen-bond acceptors (Lipinski definition) is 3. The minimum atomic E-state index is -0.498. The molecule has 120 valence electrons. The number of amides is 1. The van der Waals surface area contributed by atoms with Crippen molar-refractivity contribution in [3.05, 3.63) is 75.3 Å². The molecule has 1 unspecified atom stereocenters. The van der Waals surface area contributed by atoms with Gasteiger partial charge in [0.05, 0.1) is 11.0 Å². The van der Waals surface area contributed by atoms with Crippen LogP contribution in [0.25, 0.3) is 0 Å². The number of aryl methyl sites for hydroxylation is 1. The minimum absolute atomic E-state index is 0.104. The molecule has 5 nitrogen and oxygen atoms in total. The summed E-state index contributed by atoms with van der Waals surface area (Å²) in [6.07, 6.45) is 1.67. The first-order valence-electron chi connectivity index (χ1n) is 7.64. The lowest BCUT2D eigenvalue weighted by atomic mass is 10.0. The van der Waals surface area contributed by atoms with E-state index in [0.29, 0.717) is 5.56 Å². The highest BCUT2D eigenvalue weighted by atomic mass is 16.6. The number of carbonyl (C=O) groups is 1. The Bertz CT molecular complexity index is 699. The number of nitro benzene ring substituents is 1. The van der Waals surface area contributed by atoms with Crippen LogP contribution in [0, 0.1) is 17.0 Å². The number of hydrogen-bond donors (Lipinski definition) is 1. The molecule has 5 heteroatoms. The molecule has 0 saturated heterocycles. The number of benzene rings is 2. The molecule has 2 aromatic carbocycles. The van der Waals surface area contributed by atoms with E-state index < -0.39 is 10.8 Å². The van der Waals surface area contributed by atoms with Gasteiger partial charge in [0, 0.05) is 5.56 Å². The number of nitro groups is 1. The van der Waals surface area contributed by atoms with Crippen LogP contribution in [0.2, 0.25) is 0 Å². The first kappa shape index (κ1) is 16.7. The topological polar surface area (TPSA) is 72.2 Å². The molecule has 0 spiro atoms. The third-order valence-electron chi connectivity index (χ3n) is 3.75. The SMILES string of the molecule is CCCC(NC(=O)c1cccc(C)c1[N+](=O)[O-])c1ccccc1. The molecule has 1 atom stereocenters. The van der Waals surface area contributed by atoms with Gasteiger partial charge in [-0.25, -0.2) is 0 Å². The van der Waals surface area contributed by atoms with E-state index in [1.54, 1.807) is 19.1 Å². The summed E-state index contributed by atoms with van der Waals surface area (Å²) in [6.45, 7) is 3.67. The molecule has 0 saturated carbocycles. The maximum atomic E-state index is 12.6. The maximum Gasteiger partial charge on any atom is 0.285 e. The Morgan fingerprint density at radius 1 is 1.17 bits per heavy atom. The van der Waals surface area contributed by atoms with Crippen LogP contribution in [0.5, 0.6) is 0 Å². The number of nitrogens with zero attached hydrogens (tertiary/aromatic N) is 1. The molecular weight excluding hydrogens is 292 g/mol. The van der Waals surface area contributed by atoms with Crippen molar-refractivity contribution in [2.45, 2.75) is 32.7 Å². The van der Waals surface area contributed by atoms with Gasteiger partial charge >= 0.3 is 0 Å². The van der Waals surface area contributed by atoms with E-state index in [4.69, 9.17) is 0 Å². The van der Waals surface area contributed by atoms with Crippen LogP contribution in [0.3, 0.4) is 0 Å². The van der Waals surface area contributed by atoms with Crippen LogP contribution in [-0.2, 0) is 0 Å². The molecule has 2 rings (SSSR count). The summed E-state index contributed by atoms with van der Waals surface area (Å²) in [6, 6.07) is 14.3. The highest BCUT2D eigenvalue weighted by molar-refractivity contribution is 5.98. The fourth-order valence-corrected chi connectivity index (χ4v) is 2.62. The van der Waals surface area contributed by atoms with Gasteiger partial charge in [-0.2, -0.15) is 0 Å². The molecule has 0 aliphatic heterocycles.